The first-order chi connectivity index (χ1) is 5.76. The zero-order valence-electron chi connectivity index (χ0n) is 7.80. The van der Waals surface area contributed by atoms with Gasteiger partial charge in [-0.15, -0.1) is 11.8 Å². The summed E-state index contributed by atoms with van der Waals surface area (Å²) in [6.07, 6.45) is 3.18. The van der Waals surface area contributed by atoms with E-state index in [-0.39, 0.29) is 11.2 Å². The number of carbonyl (C=O) groups excluding carboxylic acids is 1. The minimum absolute atomic E-state index is 0.0292. The van der Waals surface area contributed by atoms with Crippen molar-refractivity contribution in [2.45, 2.75) is 38.4 Å². The number of rotatable bonds is 6. The molecule has 0 radical (unpaired) electrons. The molecule has 0 aromatic rings. The van der Waals surface area contributed by atoms with E-state index in [2.05, 4.69) is 12.3 Å². The number of hydrazine groups is 1. The van der Waals surface area contributed by atoms with Gasteiger partial charge in [0, 0.05) is 0 Å². The quantitative estimate of drug-likeness (QED) is 0.287. The van der Waals surface area contributed by atoms with Crippen LogP contribution in [-0.4, -0.2) is 16.9 Å². The van der Waals surface area contributed by atoms with Crippen LogP contribution in [0.1, 0.15) is 33.1 Å². The monoisotopic (exact) mass is 190 g/mol. The van der Waals surface area contributed by atoms with Gasteiger partial charge in [-0.1, -0.05) is 20.3 Å². The van der Waals surface area contributed by atoms with E-state index in [1.54, 1.807) is 11.8 Å². The van der Waals surface area contributed by atoms with E-state index >= 15 is 0 Å². The molecule has 1 atom stereocenters. The molecule has 1 amide bonds. The second-order valence-electron chi connectivity index (χ2n) is 2.63. The molecule has 0 saturated carbocycles. The topological polar surface area (TPSA) is 55.1 Å². The van der Waals surface area contributed by atoms with E-state index in [0.29, 0.717) is 0 Å². The minimum Gasteiger partial charge on any atom is -0.293 e. The highest BCUT2D eigenvalue weighted by molar-refractivity contribution is 8.00. The highest BCUT2D eigenvalue weighted by Crippen LogP contribution is 2.15. The molecule has 1 unspecified atom stereocenters. The maximum absolute atomic E-state index is 11.1. The van der Waals surface area contributed by atoms with Crippen LogP contribution in [0.3, 0.4) is 0 Å². The van der Waals surface area contributed by atoms with Crippen LogP contribution in [0, 0.1) is 0 Å². The zero-order chi connectivity index (χ0) is 9.40. The SMILES string of the molecule is CCCCSC(CC)C(=O)NN. The van der Waals surface area contributed by atoms with E-state index in [0.717, 1.165) is 12.2 Å². The highest BCUT2D eigenvalue weighted by atomic mass is 32.2. The number of nitrogens with one attached hydrogen (secondary N) is 1. The van der Waals surface area contributed by atoms with Gasteiger partial charge in [0.05, 0.1) is 5.25 Å². The molecule has 3 nitrogen and oxygen atoms in total. The number of nitrogens with two attached hydrogens (primary N) is 1. The van der Waals surface area contributed by atoms with Crippen molar-refractivity contribution >= 4 is 17.7 Å². The summed E-state index contributed by atoms with van der Waals surface area (Å²) in [6, 6.07) is 0. The summed E-state index contributed by atoms with van der Waals surface area (Å²) >= 11 is 1.69. The van der Waals surface area contributed by atoms with Gasteiger partial charge in [-0.3, -0.25) is 10.2 Å². The van der Waals surface area contributed by atoms with Gasteiger partial charge in [-0.05, 0) is 18.6 Å². The van der Waals surface area contributed by atoms with Crippen LogP contribution in [0.4, 0.5) is 0 Å². The Bertz CT molecular complexity index is 130. The van der Waals surface area contributed by atoms with Gasteiger partial charge in [0.1, 0.15) is 0 Å². The number of unbranched alkanes of at least 4 members (excludes halogenated alkanes) is 1. The second-order valence-corrected chi connectivity index (χ2v) is 3.94. The molecule has 0 aliphatic rings. The van der Waals surface area contributed by atoms with Crippen molar-refractivity contribution in [2.24, 2.45) is 5.84 Å². The van der Waals surface area contributed by atoms with E-state index in [1.807, 2.05) is 6.92 Å². The molecule has 0 bridgehead atoms. The van der Waals surface area contributed by atoms with Gasteiger partial charge < -0.3 is 0 Å². The van der Waals surface area contributed by atoms with Crippen molar-refractivity contribution < 1.29 is 4.79 Å². The van der Waals surface area contributed by atoms with Crippen LogP contribution in [0.2, 0.25) is 0 Å². The summed E-state index contributed by atoms with van der Waals surface area (Å²) in [4.78, 5) is 11.1. The average Bonchev–Trinajstić information content (AvgIpc) is 2.11. The van der Waals surface area contributed by atoms with Crippen molar-refractivity contribution in [2.75, 3.05) is 5.75 Å². The molecule has 0 aliphatic carbocycles. The first-order valence-corrected chi connectivity index (χ1v) is 5.43. The Kier molecular flexibility index (Phi) is 7.29. The summed E-state index contributed by atoms with van der Waals surface area (Å²) in [7, 11) is 0. The molecule has 0 saturated heterocycles. The number of carbonyl (C=O) groups is 1. The molecule has 0 aromatic carbocycles. The maximum Gasteiger partial charge on any atom is 0.246 e. The standard InChI is InChI=1S/C8H18N2OS/c1-3-5-6-12-7(4-2)8(11)10-9/h7H,3-6,9H2,1-2H3,(H,10,11). The van der Waals surface area contributed by atoms with Crippen LogP contribution in [-0.2, 0) is 4.79 Å². The third-order valence-electron chi connectivity index (χ3n) is 1.62. The Morgan fingerprint density at radius 2 is 2.25 bits per heavy atom. The number of hydrogen-bond donors (Lipinski definition) is 2. The summed E-state index contributed by atoms with van der Waals surface area (Å²) in [5, 5.41) is 0.0292. The molecule has 0 heterocycles. The molecule has 0 aromatic heterocycles. The Morgan fingerprint density at radius 1 is 1.58 bits per heavy atom. The summed E-state index contributed by atoms with van der Waals surface area (Å²) in [5.74, 6) is 6.03. The molecule has 0 spiro atoms. The maximum atomic E-state index is 11.1. The molecule has 72 valence electrons. The molecule has 4 heteroatoms. The fourth-order valence-corrected chi connectivity index (χ4v) is 2.04. The van der Waals surface area contributed by atoms with E-state index in [1.165, 1.54) is 12.8 Å². The van der Waals surface area contributed by atoms with Crippen molar-refractivity contribution in [3.63, 3.8) is 0 Å². The lowest BCUT2D eigenvalue weighted by Crippen LogP contribution is -2.37. The fourth-order valence-electron chi connectivity index (χ4n) is 0.842. The third-order valence-corrected chi connectivity index (χ3v) is 3.10. The van der Waals surface area contributed by atoms with Crippen LogP contribution >= 0.6 is 11.8 Å². The van der Waals surface area contributed by atoms with E-state index < -0.39 is 0 Å². The molecular weight excluding hydrogens is 172 g/mol. The van der Waals surface area contributed by atoms with Crippen molar-refractivity contribution in [1.82, 2.24) is 5.43 Å². The van der Waals surface area contributed by atoms with Crippen LogP contribution in [0.15, 0.2) is 0 Å². The van der Waals surface area contributed by atoms with Gasteiger partial charge in [0.25, 0.3) is 0 Å². The first kappa shape index (κ1) is 11.8. The van der Waals surface area contributed by atoms with Gasteiger partial charge in [-0.25, -0.2) is 5.84 Å². The normalized spacial score (nSPS) is 12.6. The molecule has 0 rings (SSSR count). The van der Waals surface area contributed by atoms with Crippen molar-refractivity contribution in [3.8, 4) is 0 Å². The lowest BCUT2D eigenvalue weighted by Gasteiger charge is -2.11. The predicted octanol–water partition coefficient (Wildman–Crippen LogP) is 1.29. The highest BCUT2D eigenvalue weighted by Gasteiger charge is 2.14. The minimum atomic E-state index is -0.0568. The number of thioether (sulfide) groups is 1. The van der Waals surface area contributed by atoms with E-state index in [9.17, 15) is 4.79 Å². The smallest absolute Gasteiger partial charge is 0.246 e. The molecule has 0 aliphatic heterocycles. The predicted molar refractivity (Wildman–Crippen MR) is 53.8 cm³/mol. The van der Waals surface area contributed by atoms with Crippen molar-refractivity contribution in [1.29, 1.82) is 0 Å². The van der Waals surface area contributed by atoms with Crippen LogP contribution in [0.25, 0.3) is 0 Å². The van der Waals surface area contributed by atoms with Crippen LogP contribution < -0.4 is 11.3 Å². The second kappa shape index (κ2) is 7.43. The molecule has 0 fully saturated rings. The molecular formula is C8H18N2OS. The third kappa shape index (κ3) is 4.62. The molecule has 3 N–H and O–H groups in total. The lowest BCUT2D eigenvalue weighted by atomic mass is 10.3. The van der Waals surface area contributed by atoms with Gasteiger partial charge >= 0.3 is 0 Å². The Labute approximate surface area is 78.4 Å². The fraction of sp³-hybridized carbons (Fsp3) is 0.875. The number of amides is 1. The van der Waals surface area contributed by atoms with Crippen LogP contribution in [0.5, 0.6) is 0 Å². The Hall–Kier alpha value is -0.220. The van der Waals surface area contributed by atoms with Gasteiger partial charge in [-0.2, -0.15) is 0 Å². The summed E-state index contributed by atoms with van der Waals surface area (Å²) in [6.45, 7) is 4.14. The summed E-state index contributed by atoms with van der Waals surface area (Å²) < 4.78 is 0. The Balaban J connectivity index is 3.60. The summed E-state index contributed by atoms with van der Waals surface area (Å²) in [5.41, 5.74) is 2.18. The van der Waals surface area contributed by atoms with E-state index in [4.69, 9.17) is 5.84 Å². The molecule has 12 heavy (non-hydrogen) atoms. The zero-order valence-corrected chi connectivity index (χ0v) is 8.62. The number of hydrogen-bond acceptors (Lipinski definition) is 3. The van der Waals surface area contributed by atoms with Gasteiger partial charge in [0.15, 0.2) is 0 Å². The van der Waals surface area contributed by atoms with Gasteiger partial charge in [0.2, 0.25) is 5.91 Å². The Morgan fingerprint density at radius 3 is 2.67 bits per heavy atom. The average molecular weight is 190 g/mol. The first-order valence-electron chi connectivity index (χ1n) is 4.38. The van der Waals surface area contributed by atoms with Crippen molar-refractivity contribution in [3.05, 3.63) is 0 Å². The lowest BCUT2D eigenvalue weighted by molar-refractivity contribution is -0.120. The largest absolute Gasteiger partial charge is 0.293 e.